The first kappa shape index (κ1) is 15.3. The van der Waals surface area contributed by atoms with Crippen LogP contribution in [0.15, 0.2) is 66.7 Å². The van der Waals surface area contributed by atoms with Crippen LogP contribution in [-0.2, 0) is 0 Å². The van der Waals surface area contributed by atoms with E-state index in [2.05, 4.69) is 12.1 Å². The van der Waals surface area contributed by atoms with Crippen LogP contribution in [0.25, 0.3) is 32.7 Å². The molecule has 0 fully saturated rings. The number of methoxy groups -OCH3 is 2. The smallest absolute Gasteiger partial charge is 0.127 e. The van der Waals surface area contributed by atoms with Gasteiger partial charge in [-0.3, -0.25) is 0 Å². The molecule has 0 amide bonds. The number of phenols is 1. The molecule has 0 aliphatic heterocycles. The summed E-state index contributed by atoms with van der Waals surface area (Å²) in [5.41, 5.74) is 1.67. The Morgan fingerprint density at radius 1 is 0.680 bits per heavy atom. The van der Waals surface area contributed by atoms with Crippen molar-refractivity contribution in [2.24, 2.45) is 0 Å². The van der Waals surface area contributed by atoms with Crippen LogP contribution in [-0.4, -0.2) is 19.3 Å². The summed E-state index contributed by atoms with van der Waals surface area (Å²) < 4.78 is 10.9. The number of aromatic hydroxyl groups is 1. The zero-order valence-corrected chi connectivity index (χ0v) is 14.1. The van der Waals surface area contributed by atoms with Crippen LogP contribution >= 0.6 is 0 Å². The quantitative estimate of drug-likeness (QED) is 0.548. The van der Waals surface area contributed by atoms with Crippen molar-refractivity contribution in [1.29, 1.82) is 0 Å². The Bertz CT molecular complexity index is 1080. The molecule has 0 aliphatic carbocycles. The molecule has 3 heteroatoms. The Kier molecular flexibility index (Phi) is 3.69. The lowest BCUT2D eigenvalue weighted by Crippen LogP contribution is -1.92. The Morgan fingerprint density at radius 2 is 1.44 bits per heavy atom. The maximum Gasteiger partial charge on any atom is 0.127 e. The molecule has 124 valence electrons. The lowest BCUT2D eigenvalue weighted by molar-refractivity contribution is 0.415. The third kappa shape index (κ3) is 2.45. The normalized spacial score (nSPS) is 11.0. The summed E-state index contributed by atoms with van der Waals surface area (Å²) in [6.07, 6.45) is 0. The third-order valence-corrected chi connectivity index (χ3v) is 4.57. The maximum absolute atomic E-state index is 10.7. The van der Waals surface area contributed by atoms with Crippen LogP contribution in [0.4, 0.5) is 0 Å². The Morgan fingerprint density at radius 3 is 2.24 bits per heavy atom. The second-order valence-electron chi connectivity index (χ2n) is 5.91. The average Bonchev–Trinajstić information content (AvgIpc) is 2.67. The first-order valence-electron chi connectivity index (χ1n) is 8.09. The highest BCUT2D eigenvalue weighted by Crippen LogP contribution is 2.45. The second kappa shape index (κ2) is 6.02. The maximum atomic E-state index is 10.7. The topological polar surface area (TPSA) is 38.7 Å². The van der Waals surface area contributed by atoms with E-state index in [9.17, 15) is 5.11 Å². The number of ether oxygens (including phenoxy) is 2. The van der Waals surface area contributed by atoms with E-state index in [-0.39, 0.29) is 5.75 Å². The predicted octanol–water partition coefficient (Wildman–Crippen LogP) is 5.38. The third-order valence-electron chi connectivity index (χ3n) is 4.57. The van der Waals surface area contributed by atoms with Gasteiger partial charge in [0.25, 0.3) is 0 Å². The molecule has 0 bridgehead atoms. The number of hydrogen-bond acceptors (Lipinski definition) is 3. The van der Waals surface area contributed by atoms with Crippen molar-refractivity contribution in [2.75, 3.05) is 14.2 Å². The van der Waals surface area contributed by atoms with E-state index in [0.717, 1.165) is 44.2 Å². The molecule has 0 heterocycles. The minimum Gasteiger partial charge on any atom is -0.507 e. The molecule has 4 aromatic rings. The summed E-state index contributed by atoms with van der Waals surface area (Å²) in [5.74, 6) is 1.75. The van der Waals surface area contributed by atoms with E-state index in [4.69, 9.17) is 9.47 Å². The molecular weight excluding hydrogens is 312 g/mol. The van der Waals surface area contributed by atoms with E-state index in [1.807, 2.05) is 48.5 Å². The van der Waals surface area contributed by atoms with Gasteiger partial charge in [-0.25, -0.2) is 0 Å². The van der Waals surface area contributed by atoms with Gasteiger partial charge in [0.05, 0.1) is 14.2 Å². The van der Waals surface area contributed by atoms with Gasteiger partial charge in [-0.15, -0.1) is 0 Å². The highest BCUT2D eigenvalue weighted by Gasteiger charge is 2.17. The highest BCUT2D eigenvalue weighted by atomic mass is 16.5. The van der Waals surface area contributed by atoms with Crippen molar-refractivity contribution in [1.82, 2.24) is 0 Å². The molecule has 0 spiro atoms. The highest BCUT2D eigenvalue weighted by molar-refractivity contribution is 6.09. The van der Waals surface area contributed by atoms with Gasteiger partial charge in [-0.2, -0.15) is 0 Å². The van der Waals surface area contributed by atoms with Gasteiger partial charge in [0.15, 0.2) is 0 Å². The molecule has 0 unspecified atom stereocenters. The summed E-state index contributed by atoms with van der Waals surface area (Å²) in [7, 11) is 3.30. The minimum absolute atomic E-state index is 0.229. The van der Waals surface area contributed by atoms with Crippen LogP contribution in [0.3, 0.4) is 0 Å². The first-order valence-corrected chi connectivity index (χ1v) is 8.09. The molecular formula is C22H18O3. The van der Waals surface area contributed by atoms with Crippen molar-refractivity contribution in [2.45, 2.75) is 0 Å². The lowest BCUT2D eigenvalue weighted by Gasteiger charge is -2.16. The molecule has 0 atom stereocenters. The number of rotatable bonds is 3. The van der Waals surface area contributed by atoms with Crippen LogP contribution in [0.1, 0.15) is 0 Å². The zero-order chi connectivity index (χ0) is 17.4. The molecule has 0 saturated heterocycles. The molecule has 4 rings (SSSR count). The van der Waals surface area contributed by atoms with Crippen molar-refractivity contribution < 1.29 is 14.6 Å². The molecule has 0 aromatic heterocycles. The SMILES string of the molecule is COc1ccc2c(-c3c(OC)ccc4ccccc34)c(O)ccc2c1. The van der Waals surface area contributed by atoms with E-state index < -0.39 is 0 Å². The van der Waals surface area contributed by atoms with Crippen LogP contribution < -0.4 is 9.47 Å². The van der Waals surface area contributed by atoms with Gasteiger partial charge in [0.1, 0.15) is 17.2 Å². The van der Waals surface area contributed by atoms with E-state index in [1.165, 1.54) is 0 Å². The first-order chi connectivity index (χ1) is 12.2. The molecule has 0 aliphatic rings. The average molecular weight is 330 g/mol. The summed E-state index contributed by atoms with van der Waals surface area (Å²) in [5, 5.41) is 14.8. The molecule has 25 heavy (non-hydrogen) atoms. The number of benzene rings is 4. The molecule has 4 aromatic carbocycles. The summed E-state index contributed by atoms with van der Waals surface area (Å²) in [4.78, 5) is 0. The minimum atomic E-state index is 0.229. The van der Waals surface area contributed by atoms with E-state index >= 15 is 0 Å². The fourth-order valence-electron chi connectivity index (χ4n) is 3.37. The standard InChI is InChI=1S/C22H18O3/c1-24-16-9-10-18-15(13-16)7-11-19(23)21(18)22-17-6-4-3-5-14(17)8-12-20(22)25-2/h3-13,23H,1-2H3. The number of hydrogen-bond donors (Lipinski definition) is 1. The monoisotopic (exact) mass is 330 g/mol. The summed E-state index contributed by atoms with van der Waals surface area (Å²) >= 11 is 0. The molecule has 0 saturated carbocycles. The summed E-state index contributed by atoms with van der Waals surface area (Å²) in [6.45, 7) is 0. The molecule has 1 N–H and O–H groups in total. The largest absolute Gasteiger partial charge is 0.507 e. The van der Waals surface area contributed by atoms with Gasteiger partial charge in [-0.1, -0.05) is 36.4 Å². The van der Waals surface area contributed by atoms with Crippen molar-refractivity contribution in [3.8, 4) is 28.4 Å². The van der Waals surface area contributed by atoms with Gasteiger partial charge in [0.2, 0.25) is 0 Å². The van der Waals surface area contributed by atoms with E-state index in [0.29, 0.717) is 0 Å². The summed E-state index contributed by atoms with van der Waals surface area (Å²) in [6, 6.07) is 21.6. The van der Waals surface area contributed by atoms with Crippen molar-refractivity contribution >= 4 is 21.5 Å². The van der Waals surface area contributed by atoms with Gasteiger partial charge in [-0.05, 0) is 51.9 Å². The Hall–Kier alpha value is -3.20. The molecule has 3 nitrogen and oxygen atoms in total. The predicted molar refractivity (Wildman–Crippen MR) is 102 cm³/mol. The van der Waals surface area contributed by atoms with E-state index in [1.54, 1.807) is 20.3 Å². The molecule has 0 radical (unpaired) electrons. The van der Waals surface area contributed by atoms with Gasteiger partial charge >= 0.3 is 0 Å². The van der Waals surface area contributed by atoms with Gasteiger partial charge in [0, 0.05) is 11.1 Å². The zero-order valence-electron chi connectivity index (χ0n) is 14.1. The Balaban J connectivity index is 2.15. The lowest BCUT2D eigenvalue weighted by atomic mass is 9.92. The van der Waals surface area contributed by atoms with Gasteiger partial charge < -0.3 is 14.6 Å². The van der Waals surface area contributed by atoms with Crippen LogP contribution in [0.5, 0.6) is 17.2 Å². The fourth-order valence-corrected chi connectivity index (χ4v) is 3.37. The van der Waals surface area contributed by atoms with Crippen LogP contribution in [0, 0.1) is 0 Å². The Labute approximate surface area is 146 Å². The fraction of sp³-hybridized carbons (Fsp3) is 0.0909. The van der Waals surface area contributed by atoms with Crippen molar-refractivity contribution in [3.63, 3.8) is 0 Å². The second-order valence-corrected chi connectivity index (χ2v) is 5.91. The van der Waals surface area contributed by atoms with Crippen molar-refractivity contribution in [3.05, 3.63) is 66.7 Å². The number of fused-ring (bicyclic) bond motifs is 2. The van der Waals surface area contributed by atoms with Crippen LogP contribution in [0.2, 0.25) is 0 Å². The number of phenolic OH excluding ortho intramolecular Hbond substituents is 1.